The van der Waals surface area contributed by atoms with E-state index < -0.39 is 0 Å². The fourth-order valence-corrected chi connectivity index (χ4v) is 0.795. The van der Waals surface area contributed by atoms with Crippen molar-refractivity contribution in [1.82, 2.24) is 0 Å². The van der Waals surface area contributed by atoms with E-state index in [2.05, 4.69) is 0 Å². The van der Waals surface area contributed by atoms with Crippen molar-refractivity contribution in [3.63, 3.8) is 0 Å². The van der Waals surface area contributed by atoms with Gasteiger partial charge in [0.25, 0.3) is 0 Å². The normalized spacial score (nSPS) is 9.18. The van der Waals surface area contributed by atoms with Crippen LogP contribution >= 0.6 is 0 Å². The highest BCUT2D eigenvalue weighted by Gasteiger charge is 1.98. The van der Waals surface area contributed by atoms with Gasteiger partial charge in [0.05, 0.1) is 0 Å². The maximum Gasteiger partial charge on any atom is 0.334 e. The summed E-state index contributed by atoms with van der Waals surface area (Å²) in [6.07, 6.45) is 7.03. The number of aromatic nitrogens is 1. The quantitative estimate of drug-likeness (QED) is 0.368. The van der Waals surface area contributed by atoms with E-state index >= 15 is 0 Å². The standard InChI is InChI=1S/C7H12NO2.HI/c9-5-2-1-3-8-4-6-10-7-8;/h4,6-7,9H,1-3,5H2;1H/q+1;/p-1. The van der Waals surface area contributed by atoms with Crippen molar-refractivity contribution in [3.05, 3.63) is 18.9 Å². The molecule has 1 heterocycles. The second-order valence-electron chi connectivity index (χ2n) is 2.20. The van der Waals surface area contributed by atoms with Gasteiger partial charge >= 0.3 is 6.39 Å². The Morgan fingerprint density at radius 3 is 2.73 bits per heavy atom. The number of hydrogen-bond acceptors (Lipinski definition) is 2. The molecule has 0 amide bonds. The van der Waals surface area contributed by atoms with E-state index in [1.807, 2.05) is 10.8 Å². The van der Waals surface area contributed by atoms with Crippen molar-refractivity contribution in [2.75, 3.05) is 6.61 Å². The highest BCUT2D eigenvalue weighted by molar-refractivity contribution is 4.46. The Bertz CT molecular complexity index is 165. The Morgan fingerprint density at radius 2 is 2.18 bits per heavy atom. The molecule has 0 fully saturated rings. The topological polar surface area (TPSA) is 37.2 Å². The minimum absolute atomic E-state index is 0. The van der Waals surface area contributed by atoms with Crippen LogP contribution in [0.3, 0.4) is 0 Å². The number of aryl methyl sites for hydroxylation is 1. The van der Waals surface area contributed by atoms with E-state index in [0.29, 0.717) is 0 Å². The third kappa shape index (κ3) is 4.36. The molecular weight excluding hydrogens is 257 g/mol. The van der Waals surface area contributed by atoms with Crippen molar-refractivity contribution in [2.45, 2.75) is 19.4 Å². The summed E-state index contributed by atoms with van der Waals surface area (Å²) in [5.74, 6) is 0. The number of halogens is 1. The number of rotatable bonds is 4. The largest absolute Gasteiger partial charge is 1.00 e. The van der Waals surface area contributed by atoms with Gasteiger partial charge in [0, 0.05) is 13.0 Å². The first-order chi connectivity index (χ1) is 4.93. The molecule has 0 saturated carbocycles. The second-order valence-corrected chi connectivity index (χ2v) is 2.20. The van der Waals surface area contributed by atoms with Crippen LogP contribution in [-0.4, -0.2) is 11.7 Å². The minimum Gasteiger partial charge on any atom is -1.00 e. The molecule has 0 aliphatic carbocycles. The molecule has 0 bridgehead atoms. The Balaban J connectivity index is 0.000001000. The van der Waals surface area contributed by atoms with Crippen molar-refractivity contribution in [1.29, 1.82) is 0 Å². The summed E-state index contributed by atoms with van der Waals surface area (Å²) >= 11 is 0. The van der Waals surface area contributed by atoms with Crippen LogP contribution in [0.15, 0.2) is 23.3 Å². The van der Waals surface area contributed by atoms with E-state index in [4.69, 9.17) is 9.52 Å². The average molecular weight is 269 g/mol. The summed E-state index contributed by atoms with van der Waals surface area (Å²) < 4.78 is 6.80. The molecule has 0 saturated heterocycles. The molecule has 0 unspecified atom stereocenters. The number of nitrogens with zero attached hydrogens (tertiary/aromatic N) is 1. The zero-order chi connectivity index (χ0) is 7.23. The van der Waals surface area contributed by atoms with Crippen LogP contribution < -0.4 is 28.5 Å². The number of aliphatic hydroxyl groups is 1. The summed E-state index contributed by atoms with van der Waals surface area (Å²) in [5.41, 5.74) is 0. The first kappa shape index (κ1) is 10.9. The molecule has 0 radical (unpaired) electrons. The predicted octanol–water partition coefficient (Wildman–Crippen LogP) is -2.66. The lowest BCUT2D eigenvalue weighted by molar-refractivity contribution is -0.700. The van der Waals surface area contributed by atoms with Gasteiger partial charge in [0.1, 0.15) is 0 Å². The highest BCUT2D eigenvalue weighted by atomic mass is 127. The van der Waals surface area contributed by atoms with Crippen molar-refractivity contribution < 1.29 is 38.1 Å². The molecular formula is C7H12INO2. The zero-order valence-electron chi connectivity index (χ0n) is 6.24. The van der Waals surface area contributed by atoms with E-state index in [-0.39, 0.29) is 30.6 Å². The first-order valence-corrected chi connectivity index (χ1v) is 3.45. The smallest absolute Gasteiger partial charge is 0.334 e. The zero-order valence-corrected chi connectivity index (χ0v) is 8.40. The van der Waals surface area contributed by atoms with E-state index in [1.54, 1.807) is 12.7 Å². The Morgan fingerprint density at radius 1 is 1.36 bits per heavy atom. The first-order valence-electron chi connectivity index (χ1n) is 3.45. The molecule has 64 valence electrons. The molecule has 4 heteroatoms. The summed E-state index contributed by atoms with van der Waals surface area (Å²) in [6, 6.07) is 0. The van der Waals surface area contributed by atoms with Crippen molar-refractivity contribution in [3.8, 4) is 0 Å². The molecule has 1 N–H and O–H groups in total. The summed E-state index contributed by atoms with van der Waals surface area (Å²) in [7, 11) is 0. The molecule has 3 nitrogen and oxygen atoms in total. The summed E-state index contributed by atoms with van der Waals surface area (Å²) in [6.45, 7) is 1.20. The van der Waals surface area contributed by atoms with Crippen LogP contribution in [0.1, 0.15) is 12.8 Å². The third-order valence-electron chi connectivity index (χ3n) is 1.35. The van der Waals surface area contributed by atoms with Crippen LogP contribution in [0.5, 0.6) is 0 Å². The Labute approximate surface area is 83.1 Å². The maximum absolute atomic E-state index is 8.46. The fraction of sp³-hybridized carbons (Fsp3) is 0.571. The number of oxazole rings is 1. The van der Waals surface area contributed by atoms with Crippen LogP contribution in [0.2, 0.25) is 0 Å². The van der Waals surface area contributed by atoms with Crippen LogP contribution in [0, 0.1) is 0 Å². The van der Waals surface area contributed by atoms with E-state index in [0.717, 1.165) is 19.4 Å². The van der Waals surface area contributed by atoms with Gasteiger partial charge in [-0.1, -0.05) is 0 Å². The number of unbranched alkanes of at least 4 members (excludes halogenated alkanes) is 1. The summed E-state index contributed by atoms with van der Waals surface area (Å²) in [5, 5.41) is 8.46. The Kier molecular flexibility index (Phi) is 6.54. The molecule has 0 spiro atoms. The number of hydrogen-bond donors (Lipinski definition) is 1. The molecule has 0 aliphatic rings. The fourth-order valence-electron chi connectivity index (χ4n) is 0.795. The minimum atomic E-state index is 0. The SMILES string of the molecule is OCCCC[n+]1ccoc1.[I-]. The van der Waals surface area contributed by atoms with Gasteiger partial charge in [-0.15, -0.1) is 0 Å². The molecule has 0 aliphatic heterocycles. The van der Waals surface area contributed by atoms with Crippen LogP contribution in [0.4, 0.5) is 0 Å². The van der Waals surface area contributed by atoms with Crippen LogP contribution in [0.25, 0.3) is 0 Å². The summed E-state index contributed by atoms with van der Waals surface area (Å²) in [4.78, 5) is 0. The van der Waals surface area contributed by atoms with Crippen molar-refractivity contribution >= 4 is 0 Å². The third-order valence-corrected chi connectivity index (χ3v) is 1.35. The predicted molar refractivity (Wildman–Crippen MR) is 35.2 cm³/mol. The van der Waals surface area contributed by atoms with Gasteiger partial charge < -0.3 is 33.5 Å². The van der Waals surface area contributed by atoms with Gasteiger partial charge in [0.15, 0.2) is 12.8 Å². The van der Waals surface area contributed by atoms with Gasteiger partial charge in [-0.05, 0) is 6.42 Å². The highest BCUT2D eigenvalue weighted by Crippen LogP contribution is 1.86. The second kappa shape index (κ2) is 6.60. The van der Waals surface area contributed by atoms with E-state index in [9.17, 15) is 0 Å². The lowest BCUT2D eigenvalue weighted by Gasteiger charge is -1.88. The molecule has 1 aromatic rings. The molecule has 0 atom stereocenters. The van der Waals surface area contributed by atoms with Gasteiger partial charge in [0.2, 0.25) is 6.20 Å². The van der Waals surface area contributed by atoms with Gasteiger partial charge in [-0.2, -0.15) is 4.57 Å². The lowest BCUT2D eigenvalue weighted by atomic mass is 10.3. The molecule has 1 rings (SSSR count). The number of aliphatic hydroxyl groups excluding tert-OH is 1. The monoisotopic (exact) mass is 269 g/mol. The molecule has 11 heavy (non-hydrogen) atoms. The molecule has 0 aromatic carbocycles. The van der Waals surface area contributed by atoms with Gasteiger partial charge in [-0.3, -0.25) is 0 Å². The Hall–Kier alpha value is -0.100. The van der Waals surface area contributed by atoms with Crippen LogP contribution in [-0.2, 0) is 6.54 Å². The van der Waals surface area contributed by atoms with Crippen molar-refractivity contribution in [2.24, 2.45) is 0 Å². The molecule has 1 aromatic heterocycles. The van der Waals surface area contributed by atoms with E-state index in [1.165, 1.54) is 0 Å². The maximum atomic E-state index is 8.46. The average Bonchev–Trinajstić information content (AvgIpc) is 2.41. The van der Waals surface area contributed by atoms with Gasteiger partial charge in [-0.25, -0.2) is 0 Å². The lowest BCUT2D eigenvalue weighted by Crippen LogP contribution is -3.00.